The molecule has 186 valence electrons. The number of carbonyl (C=O) groups excluding carboxylic acids is 1. The molecule has 3 rings (SSSR count). The van der Waals surface area contributed by atoms with Gasteiger partial charge in [-0.1, -0.05) is 42.5 Å². The van der Waals surface area contributed by atoms with E-state index in [-0.39, 0.29) is 43.8 Å². The lowest BCUT2D eigenvalue weighted by Crippen LogP contribution is -2.46. The molecule has 0 spiro atoms. The zero-order valence-electron chi connectivity index (χ0n) is 19.3. The summed E-state index contributed by atoms with van der Waals surface area (Å²) < 4.78 is 66.8. The average Bonchev–Trinajstić information content (AvgIpc) is 2.81. The molecule has 0 saturated carbocycles. The van der Waals surface area contributed by atoms with Crippen molar-refractivity contribution in [2.75, 3.05) is 33.7 Å². The second-order valence-electron chi connectivity index (χ2n) is 8.72. The first-order valence-corrected chi connectivity index (χ1v) is 12.6. The van der Waals surface area contributed by atoms with Crippen LogP contribution in [-0.4, -0.2) is 63.3 Å². The number of hydrogen-bond acceptors (Lipinski definition) is 4. The minimum Gasteiger partial charge on any atom is -0.354 e. The van der Waals surface area contributed by atoms with E-state index >= 15 is 0 Å². The van der Waals surface area contributed by atoms with Crippen LogP contribution in [0.15, 0.2) is 59.5 Å². The Labute approximate surface area is 198 Å². The van der Waals surface area contributed by atoms with Crippen LogP contribution in [0.2, 0.25) is 0 Å². The Bertz CT molecular complexity index is 1070. The van der Waals surface area contributed by atoms with E-state index in [9.17, 15) is 26.4 Å². The summed E-state index contributed by atoms with van der Waals surface area (Å²) in [6.45, 7) is 0.430. The number of amides is 1. The van der Waals surface area contributed by atoms with Gasteiger partial charge in [-0.3, -0.25) is 4.79 Å². The van der Waals surface area contributed by atoms with Gasteiger partial charge in [0.1, 0.15) is 0 Å². The van der Waals surface area contributed by atoms with Gasteiger partial charge < -0.3 is 10.2 Å². The van der Waals surface area contributed by atoms with Crippen molar-refractivity contribution in [3.8, 4) is 0 Å². The van der Waals surface area contributed by atoms with Crippen molar-refractivity contribution in [1.82, 2.24) is 14.5 Å². The smallest absolute Gasteiger partial charge is 0.354 e. The molecule has 1 aliphatic rings. The molecule has 6 nitrogen and oxygen atoms in total. The fraction of sp³-hybridized carbons (Fsp3) is 0.458. The first-order chi connectivity index (χ1) is 16.0. The third-order valence-corrected chi connectivity index (χ3v) is 8.15. The van der Waals surface area contributed by atoms with Crippen LogP contribution in [0.1, 0.15) is 24.0 Å². The van der Waals surface area contributed by atoms with Crippen LogP contribution < -0.4 is 5.32 Å². The molecule has 0 bridgehead atoms. The summed E-state index contributed by atoms with van der Waals surface area (Å²) >= 11 is 0. The van der Waals surface area contributed by atoms with Crippen LogP contribution in [0.25, 0.3) is 0 Å². The van der Waals surface area contributed by atoms with E-state index in [1.54, 1.807) is 0 Å². The van der Waals surface area contributed by atoms with E-state index in [0.717, 1.165) is 34.5 Å². The van der Waals surface area contributed by atoms with Gasteiger partial charge in [-0.25, -0.2) is 8.42 Å². The van der Waals surface area contributed by atoms with Crippen molar-refractivity contribution < 1.29 is 26.4 Å². The van der Waals surface area contributed by atoms with Crippen molar-refractivity contribution in [3.63, 3.8) is 0 Å². The van der Waals surface area contributed by atoms with Crippen LogP contribution >= 0.6 is 0 Å². The normalized spacial score (nSPS) is 17.0. The molecule has 0 radical (unpaired) electrons. The third-order valence-electron chi connectivity index (χ3n) is 6.19. The molecule has 1 heterocycles. The first-order valence-electron chi connectivity index (χ1n) is 11.1. The number of rotatable bonds is 8. The summed E-state index contributed by atoms with van der Waals surface area (Å²) in [7, 11) is -0.429. The van der Waals surface area contributed by atoms with Gasteiger partial charge >= 0.3 is 6.18 Å². The van der Waals surface area contributed by atoms with Crippen LogP contribution in [0.4, 0.5) is 13.2 Å². The van der Waals surface area contributed by atoms with E-state index in [2.05, 4.69) is 5.32 Å². The topological polar surface area (TPSA) is 69.7 Å². The molecule has 0 aliphatic carbocycles. The van der Waals surface area contributed by atoms with Gasteiger partial charge in [0, 0.05) is 31.6 Å². The molecular formula is C24H30F3N3O3S. The maximum Gasteiger partial charge on any atom is 0.417 e. The minimum absolute atomic E-state index is 0.00621. The fourth-order valence-electron chi connectivity index (χ4n) is 4.11. The third kappa shape index (κ3) is 6.37. The molecule has 0 aromatic heterocycles. The maximum absolute atomic E-state index is 13.3. The van der Waals surface area contributed by atoms with Gasteiger partial charge in [0.2, 0.25) is 15.9 Å². The second-order valence-corrected chi connectivity index (χ2v) is 10.6. The van der Waals surface area contributed by atoms with Gasteiger partial charge in [-0.2, -0.15) is 17.5 Å². The van der Waals surface area contributed by atoms with E-state index in [1.807, 2.05) is 49.3 Å². The van der Waals surface area contributed by atoms with Crippen LogP contribution in [-0.2, 0) is 27.4 Å². The molecule has 2 aromatic carbocycles. The Morgan fingerprint density at radius 2 is 1.65 bits per heavy atom. The average molecular weight is 498 g/mol. The highest BCUT2D eigenvalue weighted by Gasteiger charge is 2.40. The highest BCUT2D eigenvalue weighted by atomic mass is 32.2. The van der Waals surface area contributed by atoms with Crippen molar-refractivity contribution in [2.24, 2.45) is 5.92 Å². The minimum atomic E-state index is -4.77. The van der Waals surface area contributed by atoms with Crippen molar-refractivity contribution in [3.05, 3.63) is 65.7 Å². The molecule has 1 fully saturated rings. The lowest BCUT2D eigenvalue weighted by molar-refractivity contribution is -0.139. The molecule has 1 atom stereocenters. The predicted molar refractivity (Wildman–Crippen MR) is 124 cm³/mol. The van der Waals surface area contributed by atoms with E-state index in [0.29, 0.717) is 6.54 Å². The Kier molecular flexibility index (Phi) is 8.38. The van der Waals surface area contributed by atoms with Gasteiger partial charge in [-0.15, -0.1) is 0 Å². The predicted octanol–water partition coefficient (Wildman–Crippen LogP) is 3.40. The van der Waals surface area contributed by atoms with Gasteiger partial charge in [0.05, 0.1) is 10.5 Å². The summed E-state index contributed by atoms with van der Waals surface area (Å²) in [5, 5.41) is 2.97. The Morgan fingerprint density at radius 3 is 2.24 bits per heavy atom. The molecule has 0 unspecified atom stereocenters. The quantitative estimate of drug-likeness (QED) is 0.607. The number of nitrogens with one attached hydrogen (secondary N) is 1. The van der Waals surface area contributed by atoms with Crippen molar-refractivity contribution >= 4 is 15.9 Å². The van der Waals surface area contributed by atoms with E-state index in [1.165, 1.54) is 6.07 Å². The number of halogens is 3. The summed E-state index contributed by atoms with van der Waals surface area (Å²) in [6.07, 6.45) is -3.50. The maximum atomic E-state index is 13.3. The number of alkyl halides is 3. The lowest BCUT2D eigenvalue weighted by Gasteiger charge is -2.32. The number of piperidine rings is 1. The summed E-state index contributed by atoms with van der Waals surface area (Å²) in [4.78, 5) is 14.0. The van der Waals surface area contributed by atoms with Crippen molar-refractivity contribution in [2.45, 2.75) is 36.4 Å². The number of hydrogen-bond donors (Lipinski definition) is 1. The summed E-state index contributed by atoms with van der Waals surface area (Å²) in [5.74, 6) is -0.545. The highest BCUT2D eigenvalue weighted by Crippen LogP contribution is 2.36. The molecule has 10 heteroatoms. The monoisotopic (exact) mass is 497 g/mol. The highest BCUT2D eigenvalue weighted by molar-refractivity contribution is 7.89. The number of likely N-dealkylation sites (N-methyl/N-ethyl adjacent to an activating group) is 1. The number of sulfonamides is 1. The number of benzene rings is 2. The standard InChI is InChI=1S/C24H30F3N3O3S/c1-29(2)20(16-18-8-4-3-5-9-18)17-28-23(31)19-12-14-30(15-13-19)34(32,33)22-11-7-6-10-21(22)24(25,26)27/h3-11,19-20H,12-17H2,1-2H3,(H,28,31)/t20-/m1/s1. The molecule has 2 aromatic rings. The Morgan fingerprint density at radius 1 is 1.06 bits per heavy atom. The SMILES string of the molecule is CN(C)[C@@H](CNC(=O)C1CCN(S(=O)(=O)c2ccccc2C(F)(F)F)CC1)Cc1ccccc1. The fourth-order valence-corrected chi connectivity index (χ4v) is 5.79. The zero-order valence-corrected chi connectivity index (χ0v) is 20.1. The summed E-state index contributed by atoms with van der Waals surface area (Å²) in [5.41, 5.74) is -0.0175. The van der Waals surface area contributed by atoms with Crippen molar-refractivity contribution in [1.29, 1.82) is 0 Å². The molecular weight excluding hydrogens is 467 g/mol. The van der Waals surface area contributed by atoms with Gasteiger partial charge in [0.25, 0.3) is 0 Å². The van der Waals surface area contributed by atoms with Crippen LogP contribution in [0.3, 0.4) is 0 Å². The molecule has 34 heavy (non-hydrogen) atoms. The van der Waals surface area contributed by atoms with Gasteiger partial charge in [-0.05, 0) is 51.1 Å². The first kappa shape index (κ1) is 26.2. The lowest BCUT2D eigenvalue weighted by atomic mass is 9.97. The molecule has 1 saturated heterocycles. The summed E-state index contributed by atoms with van der Waals surface area (Å²) in [6, 6.07) is 14.2. The van der Waals surface area contributed by atoms with Crippen LogP contribution in [0.5, 0.6) is 0 Å². The van der Waals surface area contributed by atoms with Crippen LogP contribution in [0, 0.1) is 5.92 Å². The van der Waals surface area contributed by atoms with E-state index in [4.69, 9.17) is 0 Å². The van der Waals surface area contributed by atoms with Gasteiger partial charge in [0.15, 0.2) is 0 Å². The molecule has 1 N–H and O–H groups in total. The number of nitrogens with zero attached hydrogens (tertiary/aromatic N) is 2. The Balaban J connectivity index is 1.58. The second kappa shape index (κ2) is 10.9. The Hall–Kier alpha value is -2.43. The number of carbonyl (C=O) groups is 1. The molecule has 1 aliphatic heterocycles. The van der Waals surface area contributed by atoms with E-state index < -0.39 is 26.7 Å². The zero-order chi connectivity index (χ0) is 24.9. The molecule has 1 amide bonds. The largest absolute Gasteiger partial charge is 0.417 e.